The zero-order valence-corrected chi connectivity index (χ0v) is 13.2. The molecule has 98 valence electrons. The van der Waals surface area contributed by atoms with Crippen LogP contribution in [0.1, 0.15) is 20.8 Å². The quantitative estimate of drug-likeness (QED) is 0.743. The number of amides is 1. The van der Waals surface area contributed by atoms with Gasteiger partial charge in [0, 0.05) is 27.5 Å². The van der Waals surface area contributed by atoms with Gasteiger partial charge in [-0.2, -0.15) is 0 Å². The summed E-state index contributed by atoms with van der Waals surface area (Å²) in [5.41, 5.74) is 1.94. The molecule has 2 nitrogen and oxygen atoms in total. The van der Waals surface area contributed by atoms with E-state index in [-0.39, 0.29) is 5.91 Å². The number of carbonyl (C=O) groups is 1. The van der Waals surface area contributed by atoms with Gasteiger partial charge in [0.15, 0.2) is 0 Å². The van der Waals surface area contributed by atoms with Gasteiger partial charge in [-0.3, -0.25) is 4.79 Å². The molecule has 1 amide bonds. The Morgan fingerprint density at radius 3 is 3.00 bits per heavy atom. The molecule has 1 aliphatic heterocycles. The Balaban J connectivity index is 1.85. The summed E-state index contributed by atoms with van der Waals surface area (Å²) in [4.78, 5) is 15.8. The first-order chi connectivity index (χ1) is 9.15. The van der Waals surface area contributed by atoms with Gasteiger partial charge >= 0.3 is 0 Å². The van der Waals surface area contributed by atoms with E-state index in [4.69, 9.17) is 11.6 Å². The van der Waals surface area contributed by atoms with Crippen LogP contribution in [0.15, 0.2) is 34.1 Å². The summed E-state index contributed by atoms with van der Waals surface area (Å²) in [6.07, 6.45) is 0.948. The molecule has 0 radical (unpaired) electrons. The Morgan fingerprint density at radius 2 is 2.21 bits per heavy atom. The van der Waals surface area contributed by atoms with Crippen LogP contribution in [-0.4, -0.2) is 17.4 Å². The molecule has 1 aromatic heterocycles. The van der Waals surface area contributed by atoms with E-state index in [0.29, 0.717) is 17.1 Å². The van der Waals surface area contributed by atoms with Gasteiger partial charge in [0.1, 0.15) is 0 Å². The fourth-order valence-electron chi connectivity index (χ4n) is 2.26. The third kappa shape index (κ3) is 2.57. The number of nitrogens with zero attached hydrogens (tertiary/aromatic N) is 1. The molecule has 1 aliphatic rings. The second kappa shape index (κ2) is 5.27. The number of carbonyl (C=O) groups excluding carboxylic acids is 1. The van der Waals surface area contributed by atoms with Crippen molar-refractivity contribution in [3.8, 4) is 0 Å². The van der Waals surface area contributed by atoms with Crippen molar-refractivity contribution >= 4 is 44.8 Å². The molecular formula is C14H11BrClNOS. The highest BCUT2D eigenvalue weighted by Crippen LogP contribution is 2.27. The number of halogens is 2. The molecule has 0 N–H and O–H groups in total. The molecule has 0 aliphatic carbocycles. The summed E-state index contributed by atoms with van der Waals surface area (Å²) in [7, 11) is 0. The van der Waals surface area contributed by atoms with Gasteiger partial charge in [-0.05, 0) is 57.6 Å². The first kappa shape index (κ1) is 13.2. The molecule has 2 heterocycles. The minimum Gasteiger partial charge on any atom is -0.334 e. The van der Waals surface area contributed by atoms with Crippen molar-refractivity contribution in [2.24, 2.45) is 0 Å². The predicted octanol–water partition coefficient (Wildman–Crippen LogP) is 4.36. The van der Waals surface area contributed by atoms with Crippen LogP contribution in [0.2, 0.25) is 5.02 Å². The Labute approximate surface area is 129 Å². The van der Waals surface area contributed by atoms with Crippen molar-refractivity contribution in [2.75, 3.05) is 6.54 Å². The van der Waals surface area contributed by atoms with Crippen LogP contribution in [0.25, 0.3) is 0 Å². The fourth-order valence-corrected chi connectivity index (χ4v) is 4.00. The number of hydrogen-bond acceptors (Lipinski definition) is 2. The van der Waals surface area contributed by atoms with Crippen LogP contribution in [0, 0.1) is 0 Å². The van der Waals surface area contributed by atoms with Gasteiger partial charge < -0.3 is 4.90 Å². The molecular weight excluding hydrogens is 346 g/mol. The van der Waals surface area contributed by atoms with E-state index in [0.717, 1.165) is 17.4 Å². The lowest BCUT2D eigenvalue weighted by molar-refractivity contribution is 0.0735. The monoisotopic (exact) mass is 355 g/mol. The molecule has 0 saturated carbocycles. The lowest BCUT2D eigenvalue weighted by atomic mass is 10.1. The molecule has 5 heteroatoms. The summed E-state index contributed by atoms with van der Waals surface area (Å²) < 4.78 is 0.751. The second-order valence-electron chi connectivity index (χ2n) is 4.47. The predicted molar refractivity (Wildman–Crippen MR) is 81.9 cm³/mol. The Kier molecular flexibility index (Phi) is 3.65. The van der Waals surface area contributed by atoms with Crippen molar-refractivity contribution in [1.29, 1.82) is 0 Å². The second-order valence-corrected chi connectivity index (χ2v) is 6.76. The Hall–Kier alpha value is -0.840. The zero-order valence-electron chi connectivity index (χ0n) is 10.0. The average molecular weight is 357 g/mol. The Morgan fingerprint density at radius 1 is 1.37 bits per heavy atom. The van der Waals surface area contributed by atoms with Crippen molar-refractivity contribution in [1.82, 2.24) is 4.90 Å². The molecule has 2 aromatic rings. The number of fused-ring (bicyclic) bond motifs is 1. The van der Waals surface area contributed by atoms with E-state index in [1.54, 1.807) is 29.5 Å². The summed E-state index contributed by atoms with van der Waals surface area (Å²) >= 11 is 11.1. The maximum Gasteiger partial charge on any atom is 0.255 e. The highest BCUT2D eigenvalue weighted by Gasteiger charge is 2.23. The van der Waals surface area contributed by atoms with Gasteiger partial charge in [-0.25, -0.2) is 0 Å². The van der Waals surface area contributed by atoms with Crippen molar-refractivity contribution < 1.29 is 4.79 Å². The average Bonchev–Trinajstić information content (AvgIpc) is 2.85. The van der Waals surface area contributed by atoms with Crippen molar-refractivity contribution in [2.45, 2.75) is 13.0 Å². The van der Waals surface area contributed by atoms with Crippen LogP contribution < -0.4 is 0 Å². The standard InChI is InChI=1S/C14H11BrClNOS/c15-12-7-10(16)1-2-11(12)14(18)17-5-3-13-9(8-17)4-6-19-13/h1-2,4,6-7H,3,5,8H2. The van der Waals surface area contributed by atoms with Gasteiger partial charge in [0.25, 0.3) is 5.91 Å². The topological polar surface area (TPSA) is 20.3 Å². The van der Waals surface area contributed by atoms with Crippen LogP contribution in [0.3, 0.4) is 0 Å². The van der Waals surface area contributed by atoms with Crippen LogP contribution >= 0.6 is 38.9 Å². The highest BCUT2D eigenvalue weighted by molar-refractivity contribution is 9.10. The third-order valence-electron chi connectivity index (χ3n) is 3.26. The minimum atomic E-state index is 0.0559. The normalized spacial score (nSPS) is 14.3. The summed E-state index contributed by atoms with van der Waals surface area (Å²) in [6.45, 7) is 1.48. The highest BCUT2D eigenvalue weighted by atomic mass is 79.9. The number of rotatable bonds is 1. The Bertz CT molecular complexity index is 640. The van der Waals surface area contributed by atoms with Gasteiger partial charge in [-0.1, -0.05) is 11.6 Å². The first-order valence-electron chi connectivity index (χ1n) is 5.95. The maximum absolute atomic E-state index is 12.5. The van der Waals surface area contributed by atoms with Crippen LogP contribution in [0.5, 0.6) is 0 Å². The van der Waals surface area contributed by atoms with Crippen molar-refractivity contribution in [3.05, 3.63) is 55.1 Å². The van der Waals surface area contributed by atoms with E-state index >= 15 is 0 Å². The molecule has 0 saturated heterocycles. The van der Waals surface area contributed by atoms with Crippen LogP contribution in [-0.2, 0) is 13.0 Å². The smallest absolute Gasteiger partial charge is 0.255 e. The number of thiophene rings is 1. The lowest BCUT2D eigenvalue weighted by Gasteiger charge is -2.27. The SMILES string of the molecule is O=C(c1ccc(Cl)cc1Br)N1CCc2sccc2C1. The maximum atomic E-state index is 12.5. The van der Waals surface area contributed by atoms with Gasteiger partial charge in [-0.15, -0.1) is 11.3 Å². The van der Waals surface area contributed by atoms with Crippen molar-refractivity contribution in [3.63, 3.8) is 0 Å². The van der Waals surface area contributed by atoms with E-state index in [2.05, 4.69) is 27.4 Å². The van der Waals surface area contributed by atoms with E-state index in [1.165, 1.54) is 10.4 Å². The number of benzene rings is 1. The molecule has 0 spiro atoms. The molecule has 3 rings (SSSR count). The van der Waals surface area contributed by atoms with Crippen LogP contribution in [0.4, 0.5) is 0 Å². The van der Waals surface area contributed by atoms with E-state index < -0.39 is 0 Å². The van der Waals surface area contributed by atoms with Gasteiger partial charge in [0.2, 0.25) is 0 Å². The third-order valence-corrected chi connectivity index (χ3v) is 5.17. The van der Waals surface area contributed by atoms with E-state index in [1.807, 2.05) is 4.90 Å². The molecule has 0 unspecified atom stereocenters. The minimum absolute atomic E-state index is 0.0559. The van der Waals surface area contributed by atoms with E-state index in [9.17, 15) is 4.79 Å². The number of hydrogen-bond donors (Lipinski definition) is 0. The fraction of sp³-hybridized carbons (Fsp3) is 0.214. The largest absolute Gasteiger partial charge is 0.334 e. The molecule has 19 heavy (non-hydrogen) atoms. The summed E-state index contributed by atoms with van der Waals surface area (Å²) in [5.74, 6) is 0.0559. The summed E-state index contributed by atoms with van der Waals surface area (Å²) in [5, 5.41) is 2.72. The molecule has 0 atom stereocenters. The summed E-state index contributed by atoms with van der Waals surface area (Å²) in [6, 6.07) is 7.39. The van der Waals surface area contributed by atoms with Gasteiger partial charge in [0.05, 0.1) is 5.56 Å². The molecule has 0 bridgehead atoms. The molecule has 0 fully saturated rings. The lowest BCUT2D eigenvalue weighted by Crippen LogP contribution is -2.35. The molecule has 1 aromatic carbocycles. The zero-order chi connectivity index (χ0) is 13.4. The first-order valence-corrected chi connectivity index (χ1v) is 8.00.